The first-order valence-electron chi connectivity index (χ1n) is 27.8. The van der Waals surface area contributed by atoms with Gasteiger partial charge in [0.25, 0.3) is 0 Å². The normalized spacial score (nSPS) is 12.9. The van der Waals surface area contributed by atoms with E-state index in [1.54, 1.807) is 0 Å². The molecule has 386 valence electrons. The summed E-state index contributed by atoms with van der Waals surface area (Å²) in [6.07, 6.45) is 0. The molecule has 4 heteroatoms. The van der Waals surface area contributed by atoms with Gasteiger partial charge in [0.1, 0.15) is 0 Å². The molecule has 0 atom stereocenters. The number of benzene rings is 10. The summed E-state index contributed by atoms with van der Waals surface area (Å²) in [6, 6.07) is 76.5. The van der Waals surface area contributed by atoms with E-state index in [4.69, 9.17) is 0 Å². The molecule has 0 N–H and O–H groups in total. The Labute approximate surface area is 464 Å². The van der Waals surface area contributed by atoms with Crippen LogP contribution >= 0.6 is 11.3 Å². The van der Waals surface area contributed by atoms with Gasteiger partial charge < -0.3 is 14.2 Å². The molecule has 0 spiro atoms. The lowest BCUT2D eigenvalue weighted by molar-refractivity contribution is 0.590. The number of fused-ring (bicyclic) bond motifs is 10. The summed E-state index contributed by atoms with van der Waals surface area (Å²) < 4.78 is 5.14. The zero-order valence-electron chi connectivity index (χ0n) is 47.3. The van der Waals surface area contributed by atoms with Crippen molar-refractivity contribution in [1.82, 2.24) is 4.40 Å². The van der Waals surface area contributed by atoms with E-state index in [0.29, 0.717) is 0 Å². The van der Waals surface area contributed by atoms with Crippen molar-refractivity contribution >= 4 is 115 Å². The molecular weight excluding hydrogens is 963 g/mol. The molecule has 0 saturated heterocycles. The van der Waals surface area contributed by atoms with E-state index in [0.717, 1.165) is 28.4 Å². The zero-order valence-corrected chi connectivity index (χ0v) is 48.1. The first-order chi connectivity index (χ1) is 37.2. The maximum Gasteiger partial charge on any atom is 0.0620 e. The molecule has 13 aromatic rings. The summed E-state index contributed by atoms with van der Waals surface area (Å²) in [7, 11) is 0. The SMILES string of the molecule is CC(C)(C)c1ccc(N(c2cccc(C(C)(C)C)c2)c2ccc3c(c2)sc2cc4cc5c(cc4cc23)c2cc(-c3ccccc3)cc3c4ccc(N(c6ccc(C(C)(C)C)cc6)c6cccc(C(C)(C)C)c6)cc4n5c32)cc1. The highest BCUT2D eigenvalue weighted by Gasteiger charge is 2.25. The van der Waals surface area contributed by atoms with E-state index in [2.05, 4.69) is 297 Å². The Bertz CT molecular complexity index is 4450. The Morgan fingerprint density at radius 2 is 0.744 bits per heavy atom. The van der Waals surface area contributed by atoms with Crippen LogP contribution in [0.2, 0.25) is 0 Å². The van der Waals surface area contributed by atoms with Crippen LogP contribution in [0, 0.1) is 0 Å². The van der Waals surface area contributed by atoms with Crippen molar-refractivity contribution in [2.75, 3.05) is 9.80 Å². The molecule has 0 aliphatic heterocycles. The highest BCUT2D eigenvalue weighted by atomic mass is 32.1. The number of thiophene rings is 1. The number of rotatable bonds is 7. The number of hydrogen-bond donors (Lipinski definition) is 0. The topological polar surface area (TPSA) is 10.9 Å². The van der Waals surface area contributed by atoms with Gasteiger partial charge in [0.05, 0.1) is 16.6 Å². The molecule has 0 aliphatic carbocycles. The smallest absolute Gasteiger partial charge is 0.0620 e. The van der Waals surface area contributed by atoms with Crippen LogP contribution in [0.15, 0.2) is 200 Å². The van der Waals surface area contributed by atoms with Gasteiger partial charge in [-0.25, -0.2) is 0 Å². The molecule has 78 heavy (non-hydrogen) atoms. The highest BCUT2D eigenvalue weighted by Crippen LogP contribution is 2.48. The quantitative estimate of drug-likeness (QED) is 0.158. The summed E-state index contributed by atoms with van der Waals surface area (Å²) in [4.78, 5) is 4.89. The van der Waals surface area contributed by atoms with Gasteiger partial charge in [-0.15, -0.1) is 11.3 Å². The first-order valence-corrected chi connectivity index (χ1v) is 28.6. The molecule has 0 aliphatic rings. The van der Waals surface area contributed by atoms with Crippen molar-refractivity contribution in [3.05, 3.63) is 222 Å². The van der Waals surface area contributed by atoms with Crippen LogP contribution in [0.1, 0.15) is 105 Å². The van der Waals surface area contributed by atoms with Crippen molar-refractivity contribution in [3.8, 4) is 11.1 Å². The Kier molecular flexibility index (Phi) is 11.3. The second-order valence-electron chi connectivity index (χ2n) is 26.0. The van der Waals surface area contributed by atoms with Crippen molar-refractivity contribution in [2.24, 2.45) is 0 Å². The van der Waals surface area contributed by atoms with Gasteiger partial charge in [0.2, 0.25) is 0 Å². The average molecular weight is 1030 g/mol. The molecule has 0 unspecified atom stereocenters. The highest BCUT2D eigenvalue weighted by molar-refractivity contribution is 7.26. The standard InChI is InChI=1S/C74H69N3S/c1-71(2,3)50-24-28-54(29-25-50)75(56-22-16-20-52(42-56)73(7,8)9)58-32-34-60-64-38-47(46-18-14-13-15-19-46)39-65-62-36-48-37-63-61-35-33-59(45-69(61)78-68(63)41-49(48)40-66(62)77(70(64)65)67(60)44-58)76(55-30-26-51(27-31-55)72(4,5)6)57-23-17-21-53(43-57)74(10,11)12/h13-45H,1-12H3. The molecule has 0 amide bonds. The van der Waals surface area contributed by atoms with Crippen molar-refractivity contribution in [3.63, 3.8) is 0 Å². The van der Waals surface area contributed by atoms with Crippen LogP contribution in [0.5, 0.6) is 0 Å². The molecule has 0 saturated carbocycles. The zero-order chi connectivity index (χ0) is 54.2. The van der Waals surface area contributed by atoms with Gasteiger partial charge in [0.15, 0.2) is 0 Å². The molecule has 0 fully saturated rings. The van der Waals surface area contributed by atoms with E-state index in [1.165, 1.54) is 108 Å². The third kappa shape index (κ3) is 8.48. The summed E-state index contributed by atoms with van der Waals surface area (Å²) in [6.45, 7) is 27.5. The molecular formula is C74H69N3S. The molecule has 13 rings (SSSR count). The van der Waals surface area contributed by atoms with Crippen LogP contribution in [-0.2, 0) is 21.7 Å². The Balaban J connectivity index is 1.01. The van der Waals surface area contributed by atoms with Crippen molar-refractivity contribution in [1.29, 1.82) is 0 Å². The molecule has 0 radical (unpaired) electrons. The minimum Gasteiger partial charge on any atom is -0.310 e. The molecule has 0 bridgehead atoms. The lowest BCUT2D eigenvalue weighted by atomic mass is 9.86. The van der Waals surface area contributed by atoms with Crippen LogP contribution in [0.3, 0.4) is 0 Å². The predicted molar refractivity (Wildman–Crippen MR) is 341 cm³/mol. The minimum absolute atomic E-state index is 0.00367. The fraction of sp³-hybridized carbons (Fsp3) is 0.216. The van der Waals surface area contributed by atoms with E-state index < -0.39 is 0 Å². The van der Waals surface area contributed by atoms with E-state index in [9.17, 15) is 0 Å². The van der Waals surface area contributed by atoms with Crippen LogP contribution in [0.4, 0.5) is 34.1 Å². The van der Waals surface area contributed by atoms with Gasteiger partial charge >= 0.3 is 0 Å². The molecule has 3 nitrogen and oxygen atoms in total. The van der Waals surface area contributed by atoms with E-state index in [1.807, 2.05) is 11.3 Å². The third-order valence-electron chi connectivity index (χ3n) is 16.5. The largest absolute Gasteiger partial charge is 0.310 e. The Hall–Kier alpha value is -7.92. The molecule has 3 heterocycles. The first kappa shape index (κ1) is 49.6. The van der Waals surface area contributed by atoms with E-state index in [-0.39, 0.29) is 21.7 Å². The maximum atomic E-state index is 2.57. The van der Waals surface area contributed by atoms with Gasteiger partial charge in [-0.2, -0.15) is 0 Å². The Morgan fingerprint density at radius 1 is 0.295 bits per heavy atom. The summed E-state index contributed by atoms with van der Waals surface area (Å²) in [5, 5.41) is 10.2. The second kappa shape index (κ2) is 17.8. The van der Waals surface area contributed by atoms with Crippen molar-refractivity contribution in [2.45, 2.75) is 105 Å². The van der Waals surface area contributed by atoms with Crippen LogP contribution < -0.4 is 9.80 Å². The minimum atomic E-state index is -0.00367. The summed E-state index contributed by atoms with van der Waals surface area (Å²) >= 11 is 1.90. The van der Waals surface area contributed by atoms with Gasteiger partial charge in [-0.05, 0) is 175 Å². The molecule has 10 aromatic carbocycles. The number of aromatic nitrogens is 1. The predicted octanol–water partition coefficient (Wildman–Crippen LogP) is 22.2. The van der Waals surface area contributed by atoms with E-state index >= 15 is 0 Å². The van der Waals surface area contributed by atoms with Crippen LogP contribution in [-0.4, -0.2) is 4.40 Å². The monoisotopic (exact) mass is 1030 g/mol. The molecule has 3 aromatic heterocycles. The number of nitrogens with zero attached hydrogens (tertiary/aromatic N) is 3. The lowest BCUT2D eigenvalue weighted by Crippen LogP contribution is -2.15. The number of anilines is 6. The fourth-order valence-electron chi connectivity index (χ4n) is 12.0. The van der Waals surface area contributed by atoms with Gasteiger partial charge in [0, 0.05) is 75.8 Å². The second-order valence-corrected chi connectivity index (χ2v) is 27.1. The van der Waals surface area contributed by atoms with Crippen molar-refractivity contribution < 1.29 is 0 Å². The lowest BCUT2D eigenvalue weighted by Gasteiger charge is -2.29. The summed E-state index contributed by atoms with van der Waals surface area (Å²) in [5.41, 5.74) is 18.4. The van der Waals surface area contributed by atoms with Gasteiger partial charge in [-0.1, -0.05) is 174 Å². The van der Waals surface area contributed by atoms with Crippen LogP contribution in [0.25, 0.3) is 80.2 Å². The third-order valence-corrected chi connectivity index (χ3v) is 17.6. The fourth-order valence-corrected chi connectivity index (χ4v) is 13.1. The van der Waals surface area contributed by atoms with Gasteiger partial charge in [-0.3, -0.25) is 0 Å². The summed E-state index contributed by atoms with van der Waals surface area (Å²) in [5.74, 6) is 0. The maximum absolute atomic E-state index is 2.57. The number of hydrogen-bond acceptors (Lipinski definition) is 3. The Morgan fingerprint density at radius 3 is 1.29 bits per heavy atom. The average Bonchev–Trinajstić information content (AvgIpc) is 4.24.